The van der Waals surface area contributed by atoms with Crippen molar-refractivity contribution in [1.82, 2.24) is 4.98 Å². The second-order valence-electron chi connectivity index (χ2n) is 5.96. The molecule has 0 bridgehead atoms. The summed E-state index contributed by atoms with van der Waals surface area (Å²) in [6.07, 6.45) is 1.67. The summed E-state index contributed by atoms with van der Waals surface area (Å²) >= 11 is 7.90. The molecule has 1 atom stereocenters. The van der Waals surface area contributed by atoms with Crippen molar-refractivity contribution in [2.24, 2.45) is 11.7 Å². The lowest BCUT2D eigenvalue weighted by Crippen LogP contribution is -2.16. The maximum atomic E-state index is 6.36. The van der Waals surface area contributed by atoms with Gasteiger partial charge in [0, 0.05) is 17.0 Å². The van der Waals surface area contributed by atoms with Gasteiger partial charge < -0.3 is 15.5 Å². The molecule has 0 saturated carbocycles. The molecule has 4 nitrogen and oxygen atoms in total. The Kier molecular flexibility index (Phi) is 4.62. The molecule has 0 aromatic carbocycles. The van der Waals surface area contributed by atoms with E-state index in [4.69, 9.17) is 21.8 Å². The van der Waals surface area contributed by atoms with Crippen molar-refractivity contribution in [1.29, 1.82) is 0 Å². The van der Waals surface area contributed by atoms with E-state index in [1.54, 1.807) is 17.6 Å². The quantitative estimate of drug-likeness (QED) is 0.627. The molecule has 3 aromatic heterocycles. The number of nitrogens with zero attached hydrogens (tertiary/aromatic N) is 1. The highest BCUT2D eigenvalue weighted by Gasteiger charge is 2.20. The van der Waals surface area contributed by atoms with Crippen molar-refractivity contribution in [3.8, 4) is 0 Å². The van der Waals surface area contributed by atoms with Crippen LogP contribution in [-0.4, -0.2) is 4.98 Å². The van der Waals surface area contributed by atoms with Crippen LogP contribution in [0.1, 0.15) is 36.1 Å². The first-order chi connectivity index (χ1) is 11.0. The van der Waals surface area contributed by atoms with E-state index in [9.17, 15) is 0 Å². The first-order valence-electron chi connectivity index (χ1n) is 7.58. The molecule has 122 valence electrons. The molecular weight excluding hydrogens is 330 g/mol. The third-order valence-corrected chi connectivity index (χ3v) is 5.54. The number of pyridine rings is 1. The Morgan fingerprint density at radius 3 is 2.87 bits per heavy atom. The monoisotopic (exact) mass is 349 g/mol. The second-order valence-corrected chi connectivity index (χ2v) is 7.40. The van der Waals surface area contributed by atoms with E-state index in [1.165, 1.54) is 4.88 Å². The van der Waals surface area contributed by atoms with Crippen LogP contribution in [0.2, 0.25) is 5.15 Å². The van der Waals surface area contributed by atoms with E-state index >= 15 is 0 Å². The number of nitrogens with two attached hydrogens (primary N) is 1. The number of thiophene rings is 1. The molecule has 0 aliphatic heterocycles. The minimum absolute atomic E-state index is 0.00546. The molecule has 0 aliphatic rings. The lowest BCUT2D eigenvalue weighted by atomic mass is 10.0. The predicted molar refractivity (Wildman–Crippen MR) is 97.2 cm³/mol. The van der Waals surface area contributed by atoms with Crippen molar-refractivity contribution < 1.29 is 4.42 Å². The van der Waals surface area contributed by atoms with E-state index in [0.29, 0.717) is 17.6 Å². The smallest absolute Gasteiger partial charge is 0.131 e. The summed E-state index contributed by atoms with van der Waals surface area (Å²) in [5, 5.41) is 3.87. The highest BCUT2D eigenvalue weighted by molar-refractivity contribution is 7.20. The maximum Gasteiger partial charge on any atom is 0.131 e. The first-order valence-corrected chi connectivity index (χ1v) is 8.78. The molecule has 0 spiro atoms. The van der Waals surface area contributed by atoms with Gasteiger partial charge in [-0.1, -0.05) is 25.4 Å². The van der Waals surface area contributed by atoms with Gasteiger partial charge in [0.15, 0.2) is 0 Å². The van der Waals surface area contributed by atoms with Crippen LogP contribution in [0.4, 0.5) is 5.69 Å². The summed E-state index contributed by atoms with van der Waals surface area (Å²) in [6.45, 7) is 6.93. The molecule has 1 unspecified atom stereocenters. The summed E-state index contributed by atoms with van der Waals surface area (Å²) in [7, 11) is 0. The number of hydrogen-bond acceptors (Lipinski definition) is 5. The number of halogens is 1. The first kappa shape index (κ1) is 16.3. The van der Waals surface area contributed by atoms with Gasteiger partial charge in [-0.05, 0) is 30.5 Å². The maximum absolute atomic E-state index is 6.36. The molecule has 3 rings (SSSR count). The van der Waals surface area contributed by atoms with E-state index < -0.39 is 0 Å². The molecular formula is C17H20ClN3OS. The molecule has 3 N–H and O–H groups in total. The van der Waals surface area contributed by atoms with E-state index in [-0.39, 0.29) is 6.04 Å². The van der Waals surface area contributed by atoms with Gasteiger partial charge in [-0.3, -0.25) is 0 Å². The Morgan fingerprint density at radius 2 is 2.22 bits per heavy atom. The van der Waals surface area contributed by atoms with Crippen LogP contribution in [0.5, 0.6) is 0 Å². The normalized spacial score (nSPS) is 13.0. The van der Waals surface area contributed by atoms with Gasteiger partial charge in [0.05, 0.1) is 28.7 Å². The minimum Gasteiger partial charge on any atom is -0.467 e. The van der Waals surface area contributed by atoms with Crippen LogP contribution in [-0.2, 0) is 6.54 Å². The Labute approximate surface area is 144 Å². The van der Waals surface area contributed by atoms with E-state index in [0.717, 1.165) is 27.2 Å². The van der Waals surface area contributed by atoms with Crippen molar-refractivity contribution in [2.45, 2.75) is 33.4 Å². The van der Waals surface area contributed by atoms with Crippen molar-refractivity contribution in [3.05, 3.63) is 45.8 Å². The van der Waals surface area contributed by atoms with Crippen molar-refractivity contribution in [2.75, 3.05) is 5.32 Å². The highest BCUT2D eigenvalue weighted by Crippen LogP contribution is 2.40. The number of aromatic nitrogens is 1. The van der Waals surface area contributed by atoms with Gasteiger partial charge in [0.1, 0.15) is 10.9 Å². The van der Waals surface area contributed by atoms with Crippen molar-refractivity contribution in [3.63, 3.8) is 0 Å². The summed E-state index contributed by atoms with van der Waals surface area (Å²) in [4.78, 5) is 5.67. The molecule has 0 aliphatic carbocycles. The third kappa shape index (κ3) is 3.22. The lowest BCUT2D eigenvalue weighted by molar-refractivity contribution is 0.518. The summed E-state index contributed by atoms with van der Waals surface area (Å²) < 4.78 is 6.46. The van der Waals surface area contributed by atoms with E-state index in [2.05, 4.69) is 31.1 Å². The topological polar surface area (TPSA) is 64.1 Å². The molecule has 23 heavy (non-hydrogen) atoms. The molecule has 0 fully saturated rings. The van der Waals surface area contributed by atoms with Gasteiger partial charge in [0.25, 0.3) is 0 Å². The second kappa shape index (κ2) is 6.51. The fraction of sp³-hybridized carbons (Fsp3) is 0.353. The molecule has 6 heteroatoms. The molecule has 0 saturated heterocycles. The van der Waals surface area contributed by atoms with E-state index in [1.807, 2.05) is 18.2 Å². The fourth-order valence-electron chi connectivity index (χ4n) is 2.51. The lowest BCUT2D eigenvalue weighted by Gasteiger charge is -2.14. The molecule has 3 aromatic rings. The van der Waals surface area contributed by atoms with Gasteiger partial charge in [-0.15, -0.1) is 11.3 Å². The third-order valence-electron chi connectivity index (χ3n) is 3.93. The van der Waals surface area contributed by atoms with Crippen LogP contribution in [0.15, 0.2) is 28.9 Å². The number of rotatable bonds is 5. The standard InChI is InChI=1S/C17H20ClN3OS/c1-9(2)14(19)16-10(3)15-17(23-16)12(7-13(18)21-15)20-8-11-5-4-6-22-11/h4-7,9,14H,8,19H2,1-3H3,(H,20,21). The fourth-order valence-corrected chi connectivity index (χ4v) is 4.12. The highest BCUT2D eigenvalue weighted by atomic mass is 35.5. The Bertz CT molecular complexity index is 811. The SMILES string of the molecule is Cc1c(C(N)C(C)C)sc2c(NCc3ccco3)cc(Cl)nc12. The number of hydrogen-bond donors (Lipinski definition) is 2. The molecule has 0 amide bonds. The Morgan fingerprint density at radius 1 is 1.43 bits per heavy atom. The van der Waals surface area contributed by atoms with Crippen molar-refractivity contribution >= 4 is 38.8 Å². The molecule has 0 radical (unpaired) electrons. The number of furan rings is 1. The zero-order valence-corrected chi connectivity index (χ0v) is 15.0. The number of anilines is 1. The van der Waals surface area contributed by atoms with Gasteiger partial charge in [-0.25, -0.2) is 4.98 Å². The summed E-state index contributed by atoms with van der Waals surface area (Å²) in [6, 6.07) is 5.67. The van der Waals surface area contributed by atoms with Gasteiger partial charge >= 0.3 is 0 Å². The average molecular weight is 350 g/mol. The minimum atomic E-state index is 0.00546. The number of fused-ring (bicyclic) bond motifs is 1. The van der Waals surface area contributed by atoms with Gasteiger partial charge in [0.2, 0.25) is 0 Å². The Balaban J connectivity index is 2.02. The number of aryl methyl sites for hydroxylation is 1. The molecule has 3 heterocycles. The van der Waals surface area contributed by atoms with Crippen LogP contribution >= 0.6 is 22.9 Å². The zero-order chi connectivity index (χ0) is 16.6. The summed E-state index contributed by atoms with van der Waals surface area (Å²) in [5.74, 6) is 1.25. The average Bonchev–Trinajstić information content (AvgIpc) is 3.13. The van der Waals surface area contributed by atoms with Crippen LogP contribution in [0.25, 0.3) is 10.2 Å². The van der Waals surface area contributed by atoms with Gasteiger partial charge in [-0.2, -0.15) is 0 Å². The van der Waals surface area contributed by atoms with Crippen LogP contribution in [0, 0.1) is 12.8 Å². The van der Waals surface area contributed by atoms with Crippen LogP contribution < -0.4 is 11.1 Å². The predicted octanol–water partition coefficient (Wildman–Crippen LogP) is 5.12. The largest absolute Gasteiger partial charge is 0.467 e. The summed E-state index contributed by atoms with van der Waals surface area (Å²) in [5.41, 5.74) is 9.37. The number of nitrogens with one attached hydrogen (secondary N) is 1. The van der Waals surface area contributed by atoms with Crippen LogP contribution in [0.3, 0.4) is 0 Å². The zero-order valence-electron chi connectivity index (χ0n) is 13.4. The Hall–Kier alpha value is -1.56.